The van der Waals surface area contributed by atoms with E-state index < -0.39 is 0 Å². The molecule has 1 amide bonds. The molecule has 2 rings (SSSR count). The molecule has 110 valence electrons. The van der Waals surface area contributed by atoms with Crippen LogP contribution in [-0.2, 0) is 0 Å². The normalized spacial score (nSPS) is 10.2. The van der Waals surface area contributed by atoms with Gasteiger partial charge in [-0.3, -0.25) is 9.78 Å². The van der Waals surface area contributed by atoms with Crippen LogP contribution in [0.2, 0.25) is 15.1 Å². The van der Waals surface area contributed by atoms with Crippen LogP contribution in [0.5, 0.6) is 5.75 Å². The van der Waals surface area contributed by atoms with Crippen molar-refractivity contribution in [3.05, 3.63) is 57.3 Å². The van der Waals surface area contributed by atoms with Gasteiger partial charge in [-0.2, -0.15) is 0 Å². The molecule has 0 aliphatic rings. The fraction of sp³-hybridized carbons (Fsp3) is 0.143. The van der Waals surface area contributed by atoms with Gasteiger partial charge < -0.3 is 10.1 Å². The summed E-state index contributed by atoms with van der Waals surface area (Å²) in [4.78, 5) is 15.6. The van der Waals surface area contributed by atoms with E-state index in [1.807, 2.05) is 0 Å². The smallest absolute Gasteiger partial charge is 0.252 e. The zero-order valence-electron chi connectivity index (χ0n) is 10.8. The lowest BCUT2D eigenvalue weighted by Gasteiger charge is -2.11. The monoisotopic (exact) mass is 344 g/mol. The number of halogens is 3. The first-order chi connectivity index (χ1) is 10.1. The van der Waals surface area contributed by atoms with Crippen molar-refractivity contribution < 1.29 is 9.53 Å². The molecule has 21 heavy (non-hydrogen) atoms. The highest BCUT2D eigenvalue weighted by molar-refractivity contribution is 6.40. The lowest BCUT2D eigenvalue weighted by atomic mass is 10.3. The van der Waals surface area contributed by atoms with Gasteiger partial charge in [0.2, 0.25) is 0 Å². The summed E-state index contributed by atoms with van der Waals surface area (Å²) in [5.74, 6) is 0.123. The number of nitrogens with zero attached hydrogens (tertiary/aromatic N) is 1. The summed E-state index contributed by atoms with van der Waals surface area (Å²) in [5, 5.41) is 3.79. The van der Waals surface area contributed by atoms with Crippen molar-refractivity contribution in [3.8, 4) is 5.75 Å². The fourth-order valence-corrected chi connectivity index (χ4v) is 2.51. The van der Waals surface area contributed by atoms with E-state index in [1.54, 1.807) is 30.5 Å². The Hall–Kier alpha value is -1.49. The zero-order valence-corrected chi connectivity index (χ0v) is 13.0. The number of carbonyl (C=O) groups excluding carboxylic acids is 1. The summed E-state index contributed by atoms with van der Waals surface area (Å²) >= 11 is 17.8. The summed E-state index contributed by atoms with van der Waals surface area (Å²) in [6, 6.07) is 6.45. The second-order valence-corrected chi connectivity index (χ2v) is 5.30. The first-order valence-electron chi connectivity index (χ1n) is 6.03. The van der Waals surface area contributed by atoms with Gasteiger partial charge in [0.1, 0.15) is 6.61 Å². The maximum Gasteiger partial charge on any atom is 0.252 e. The minimum atomic E-state index is -0.222. The van der Waals surface area contributed by atoms with E-state index in [9.17, 15) is 4.79 Å². The van der Waals surface area contributed by atoms with Crippen LogP contribution in [0.3, 0.4) is 0 Å². The van der Waals surface area contributed by atoms with Gasteiger partial charge in [0.25, 0.3) is 5.91 Å². The van der Waals surface area contributed by atoms with Gasteiger partial charge in [-0.05, 0) is 24.3 Å². The predicted octanol–water partition coefficient (Wildman–Crippen LogP) is 3.85. The molecule has 0 radical (unpaired) electrons. The molecular formula is C14H11Cl3N2O2. The molecule has 1 N–H and O–H groups in total. The Morgan fingerprint density at radius 1 is 1.24 bits per heavy atom. The quantitative estimate of drug-likeness (QED) is 0.837. The van der Waals surface area contributed by atoms with E-state index in [0.29, 0.717) is 32.9 Å². The molecule has 0 saturated heterocycles. The number of hydrogen-bond donors (Lipinski definition) is 1. The summed E-state index contributed by atoms with van der Waals surface area (Å²) in [7, 11) is 0. The number of pyridine rings is 1. The standard InChI is InChI=1S/C14H11Cl3N2O2/c15-10-6-11(16)13(12(17)7-10)21-5-4-19-14(20)9-2-1-3-18-8-9/h1-3,6-8H,4-5H2,(H,19,20). The third-order valence-electron chi connectivity index (χ3n) is 2.52. The predicted molar refractivity (Wildman–Crippen MR) is 83.5 cm³/mol. The highest BCUT2D eigenvalue weighted by Gasteiger charge is 2.09. The van der Waals surface area contributed by atoms with Crippen LogP contribution < -0.4 is 10.1 Å². The molecule has 7 heteroatoms. The van der Waals surface area contributed by atoms with Gasteiger partial charge in [-0.15, -0.1) is 0 Å². The molecule has 0 atom stereocenters. The third kappa shape index (κ3) is 4.49. The van der Waals surface area contributed by atoms with E-state index in [1.165, 1.54) is 6.20 Å². The molecule has 0 aliphatic carbocycles. The number of nitrogens with one attached hydrogen (secondary N) is 1. The molecular weight excluding hydrogens is 335 g/mol. The van der Waals surface area contributed by atoms with Crippen molar-refractivity contribution in [3.63, 3.8) is 0 Å². The van der Waals surface area contributed by atoms with Crippen molar-refractivity contribution in [2.45, 2.75) is 0 Å². The van der Waals surface area contributed by atoms with Gasteiger partial charge in [-0.1, -0.05) is 34.8 Å². The van der Waals surface area contributed by atoms with Crippen molar-refractivity contribution in [2.24, 2.45) is 0 Å². The summed E-state index contributed by atoms with van der Waals surface area (Å²) < 4.78 is 5.46. The zero-order chi connectivity index (χ0) is 15.2. The Balaban J connectivity index is 1.84. The van der Waals surface area contributed by atoms with E-state index in [4.69, 9.17) is 39.5 Å². The summed E-state index contributed by atoms with van der Waals surface area (Å²) in [6.07, 6.45) is 3.09. The number of benzene rings is 1. The number of ether oxygens (including phenoxy) is 1. The largest absolute Gasteiger partial charge is 0.489 e. The topological polar surface area (TPSA) is 51.2 Å². The molecule has 1 heterocycles. The average molecular weight is 346 g/mol. The molecule has 0 spiro atoms. The highest BCUT2D eigenvalue weighted by atomic mass is 35.5. The molecule has 0 fully saturated rings. The first-order valence-corrected chi connectivity index (χ1v) is 7.17. The van der Waals surface area contributed by atoms with E-state index >= 15 is 0 Å². The Morgan fingerprint density at radius 2 is 1.95 bits per heavy atom. The second kappa shape index (κ2) is 7.50. The van der Waals surface area contributed by atoms with Crippen molar-refractivity contribution in [1.82, 2.24) is 10.3 Å². The molecule has 1 aromatic carbocycles. The van der Waals surface area contributed by atoms with Crippen molar-refractivity contribution in [2.75, 3.05) is 13.2 Å². The maximum absolute atomic E-state index is 11.8. The van der Waals surface area contributed by atoms with Gasteiger partial charge in [0.15, 0.2) is 5.75 Å². The van der Waals surface area contributed by atoms with Crippen LogP contribution in [-0.4, -0.2) is 24.0 Å². The lowest BCUT2D eigenvalue weighted by molar-refractivity contribution is 0.0946. The van der Waals surface area contributed by atoms with Crippen LogP contribution in [0.1, 0.15) is 10.4 Å². The van der Waals surface area contributed by atoms with Crippen LogP contribution in [0.15, 0.2) is 36.7 Å². The molecule has 0 unspecified atom stereocenters. The average Bonchev–Trinajstić information content (AvgIpc) is 2.46. The van der Waals surface area contributed by atoms with Crippen molar-refractivity contribution >= 4 is 40.7 Å². The van der Waals surface area contributed by atoms with Crippen molar-refractivity contribution in [1.29, 1.82) is 0 Å². The molecule has 0 aliphatic heterocycles. The molecule has 0 bridgehead atoms. The van der Waals surface area contributed by atoms with Gasteiger partial charge in [0.05, 0.1) is 22.2 Å². The number of carbonyl (C=O) groups is 1. The number of rotatable bonds is 5. The summed E-state index contributed by atoms with van der Waals surface area (Å²) in [5.41, 5.74) is 0.486. The molecule has 1 aromatic heterocycles. The van der Waals surface area contributed by atoms with Crippen LogP contribution in [0.4, 0.5) is 0 Å². The molecule has 4 nitrogen and oxygen atoms in total. The van der Waals surface area contributed by atoms with Crippen LogP contribution >= 0.6 is 34.8 Å². The van der Waals surface area contributed by atoms with Gasteiger partial charge in [-0.25, -0.2) is 0 Å². The summed E-state index contributed by atoms with van der Waals surface area (Å²) in [6.45, 7) is 0.538. The Morgan fingerprint density at radius 3 is 2.57 bits per heavy atom. The molecule has 2 aromatic rings. The molecule has 0 saturated carbocycles. The Kier molecular flexibility index (Phi) is 5.67. The highest BCUT2D eigenvalue weighted by Crippen LogP contribution is 2.35. The number of aromatic nitrogens is 1. The van der Waals surface area contributed by atoms with E-state index in [0.717, 1.165) is 0 Å². The first kappa shape index (κ1) is 15.9. The second-order valence-electron chi connectivity index (χ2n) is 4.04. The minimum Gasteiger partial charge on any atom is -0.489 e. The maximum atomic E-state index is 11.8. The third-order valence-corrected chi connectivity index (χ3v) is 3.30. The number of amides is 1. The van der Waals surface area contributed by atoms with Gasteiger partial charge in [0, 0.05) is 17.4 Å². The van der Waals surface area contributed by atoms with Gasteiger partial charge >= 0.3 is 0 Å². The van der Waals surface area contributed by atoms with E-state index in [-0.39, 0.29) is 12.5 Å². The Bertz CT molecular complexity index is 612. The fourth-order valence-electron chi connectivity index (χ4n) is 1.58. The SMILES string of the molecule is O=C(NCCOc1c(Cl)cc(Cl)cc1Cl)c1cccnc1. The minimum absolute atomic E-state index is 0.222. The van der Waals surface area contributed by atoms with Crippen LogP contribution in [0.25, 0.3) is 0 Å². The van der Waals surface area contributed by atoms with E-state index in [2.05, 4.69) is 10.3 Å². The number of hydrogen-bond acceptors (Lipinski definition) is 3. The Labute approximate surface area is 137 Å². The lowest BCUT2D eigenvalue weighted by Crippen LogP contribution is -2.28. The van der Waals surface area contributed by atoms with Crippen LogP contribution in [0, 0.1) is 0 Å².